The van der Waals surface area contributed by atoms with Gasteiger partial charge in [0.15, 0.2) is 18.3 Å². The average molecular weight is 363 g/mol. The van der Waals surface area contributed by atoms with Gasteiger partial charge in [0.05, 0.1) is 0 Å². The van der Waals surface area contributed by atoms with Gasteiger partial charge in [0.2, 0.25) is 6.29 Å². The Morgan fingerprint density at radius 3 is 1.72 bits per heavy atom. The molecule has 0 radical (unpaired) electrons. The fourth-order valence-electron chi connectivity index (χ4n) is 2.30. The Kier molecular flexibility index (Phi) is 7.74. The summed E-state index contributed by atoms with van der Waals surface area (Å²) in [6.07, 6.45) is -6.23. The average Bonchev–Trinajstić information content (AvgIpc) is 2.48. The van der Waals surface area contributed by atoms with E-state index in [1.165, 1.54) is 6.92 Å². The van der Waals surface area contributed by atoms with Gasteiger partial charge in [-0.25, -0.2) is 5.90 Å². The number of carbonyl (C=O) groups is 4. The topological polar surface area (TPSA) is 150 Å². The molecular weight excluding hydrogens is 342 g/mol. The van der Waals surface area contributed by atoms with Crippen LogP contribution in [0.15, 0.2) is 0 Å². The summed E-state index contributed by atoms with van der Waals surface area (Å²) in [4.78, 5) is 49.9. The van der Waals surface area contributed by atoms with Gasteiger partial charge >= 0.3 is 23.9 Å². The van der Waals surface area contributed by atoms with Crippen LogP contribution in [-0.2, 0) is 47.7 Å². The van der Waals surface area contributed by atoms with E-state index in [-0.39, 0.29) is 6.61 Å². The first kappa shape index (κ1) is 20.8. The SMILES string of the molecule is CC(=O)OC[C@H]1O[C@@H](ON)[C@H](OC(C)=O)[C@@H](OC(C)=O)[C@H]1OC(C)=O. The van der Waals surface area contributed by atoms with Crippen LogP contribution in [0.5, 0.6) is 0 Å². The minimum Gasteiger partial charge on any atom is -0.463 e. The van der Waals surface area contributed by atoms with E-state index in [0.717, 1.165) is 20.8 Å². The largest absolute Gasteiger partial charge is 0.463 e. The van der Waals surface area contributed by atoms with E-state index in [0.29, 0.717) is 0 Å². The summed E-state index contributed by atoms with van der Waals surface area (Å²) in [6.45, 7) is 4.19. The van der Waals surface area contributed by atoms with Gasteiger partial charge in [-0.3, -0.25) is 24.0 Å². The Morgan fingerprint density at radius 1 is 0.800 bits per heavy atom. The lowest BCUT2D eigenvalue weighted by Gasteiger charge is -2.43. The first-order chi connectivity index (χ1) is 11.6. The van der Waals surface area contributed by atoms with Gasteiger partial charge in [-0.15, -0.1) is 0 Å². The van der Waals surface area contributed by atoms with Crippen molar-refractivity contribution in [3.05, 3.63) is 0 Å². The third-order valence-electron chi connectivity index (χ3n) is 3.08. The number of hydrogen-bond donors (Lipinski definition) is 1. The van der Waals surface area contributed by atoms with Crippen molar-refractivity contribution in [2.24, 2.45) is 5.90 Å². The first-order valence-electron chi connectivity index (χ1n) is 7.31. The van der Waals surface area contributed by atoms with Crippen LogP contribution in [0, 0.1) is 0 Å². The molecule has 1 aliphatic heterocycles. The summed E-state index contributed by atoms with van der Waals surface area (Å²) in [7, 11) is 0. The highest BCUT2D eigenvalue weighted by Gasteiger charge is 2.52. The molecule has 11 heteroatoms. The number of ether oxygens (including phenoxy) is 5. The van der Waals surface area contributed by atoms with Crippen LogP contribution in [-0.4, -0.2) is 61.2 Å². The Balaban J connectivity index is 3.18. The lowest BCUT2D eigenvalue weighted by molar-refractivity contribution is -0.309. The van der Waals surface area contributed by atoms with Crippen molar-refractivity contribution in [2.75, 3.05) is 6.61 Å². The van der Waals surface area contributed by atoms with Crippen molar-refractivity contribution in [2.45, 2.75) is 58.4 Å². The molecule has 0 aromatic carbocycles. The first-order valence-corrected chi connectivity index (χ1v) is 7.31. The molecule has 0 spiro atoms. The third-order valence-corrected chi connectivity index (χ3v) is 3.08. The standard InChI is InChI=1S/C14H21NO10/c1-6(16)20-5-10-11(21-7(2)17)12(22-8(3)18)13(23-9(4)19)14(24-10)25-15/h10-14H,5,15H2,1-4H3/t10-,11+,12+,13-,14+/m1/s1. The fraction of sp³-hybridized carbons (Fsp3) is 0.714. The number of carbonyl (C=O) groups excluding carboxylic acids is 4. The molecule has 142 valence electrons. The summed E-state index contributed by atoms with van der Waals surface area (Å²) < 4.78 is 25.6. The maximum absolute atomic E-state index is 11.4. The minimum atomic E-state index is -1.35. The fourth-order valence-corrected chi connectivity index (χ4v) is 2.30. The van der Waals surface area contributed by atoms with Crippen molar-refractivity contribution >= 4 is 23.9 Å². The number of hydrogen-bond acceptors (Lipinski definition) is 11. The van der Waals surface area contributed by atoms with E-state index in [1.807, 2.05) is 0 Å². The quantitative estimate of drug-likeness (QED) is 0.350. The van der Waals surface area contributed by atoms with Crippen LogP contribution < -0.4 is 5.90 Å². The predicted octanol–water partition coefficient (Wildman–Crippen LogP) is -1.04. The normalized spacial score (nSPS) is 28.6. The predicted molar refractivity (Wildman–Crippen MR) is 77.2 cm³/mol. The molecule has 1 heterocycles. The summed E-state index contributed by atoms with van der Waals surface area (Å²) in [5.41, 5.74) is 0. The third kappa shape index (κ3) is 6.29. The Bertz CT molecular complexity index is 522. The molecule has 11 nitrogen and oxygen atoms in total. The van der Waals surface area contributed by atoms with Gasteiger partial charge in [-0.2, -0.15) is 0 Å². The second-order valence-electron chi connectivity index (χ2n) is 5.20. The van der Waals surface area contributed by atoms with Gasteiger partial charge < -0.3 is 23.7 Å². The van der Waals surface area contributed by atoms with E-state index < -0.39 is 54.6 Å². The van der Waals surface area contributed by atoms with Gasteiger partial charge in [-0.1, -0.05) is 0 Å². The van der Waals surface area contributed by atoms with E-state index in [9.17, 15) is 19.2 Å². The molecule has 0 amide bonds. The van der Waals surface area contributed by atoms with Crippen LogP contribution in [0.25, 0.3) is 0 Å². The minimum absolute atomic E-state index is 0.336. The molecule has 0 unspecified atom stereocenters. The lowest BCUT2D eigenvalue weighted by atomic mass is 9.98. The number of nitrogens with two attached hydrogens (primary N) is 1. The molecule has 0 aromatic heterocycles. The van der Waals surface area contributed by atoms with Crippen molar-refractivity contribution in [1.82, 2.24) is 0 Å². The van der Waals surface area contributed by atoms with E-state index in [2.05, 4.69) is 4.84 Å². The van der Waals surface area contributed by atoms with E-state index >= 15 is 0 Å². The molecular formula is C14H21NO10. The molecule has 0 aliphatic carbocycles. The summed E-state index contributed by atoms with van der Waals surface area (Å²) in [5, 5.41) is 0. The Hall–Kier alpha value is -2.24. The van der Waals surface area contributed by atoms with Crippen molar-refractivity contribution in [3.8, 4) is 0 Å². The monoisotopic (exact) mass is 363 g/mol. The Labute approximate surface area is 143 Å². The zero-order valence-corrected chi connectivity index (χ0v) is 14.3. The molecule has 25 heavy (non-hydrogen) atoms. The molecule has 1 saturated heterocycles. The smallest absolute Gasteiger partial charge is 0.303 e. The van der Waals surface area contributed by atoms with Crippen molar-refractivity contribution in [3.63, 3.8) is 0 Å². The van der Waals surface area contributed by atoms with E-state index in [4.69, 9.17) is 29.6 Å². The molecule has 2 N–H and O–H groups in total. The highest BCUT2D eigenvalue weighted by Crippen LogP contribution is 2.29. The zero-order valence-electron chi connectivity index (χ0n) is 14.3. The highest BCUT2D eigenvalue weighted by molar-refractivity contribution is 5.68. The molecule has 5 atom stereocenters. The summed E-state index contributed by atoms with van der Waals surface area (Å²) in [6, 6.07) is 0. The van der Waals surface area contributed by atoms with Crippen LogP contribution >= 0.6 is 0 Å². The molecule has 1 rings (SSSR count). The summed E-state index contributed by atoms with van der Waals surface area (Å²) in [5.74, 6) is 2.37. The second kappa shape index (κ2) is 9.30. The van der Waals surface area contributed by atoms with Gasteiger partial charge in [-0.05, 0) is 0 Å². The zero-order chi connectivity index (χ0) is 19.1. The summed E-state index contributed by atoms with van der Waals surface area (Å²) >= 11 is 0. The molecule has 1 aliphatic rings. The second-order valence-corrected chi connectivity index (χ2v) is 5.20. The molecule has 1 fully saturated rings. The van der Waals surface area contributed by atoms with Gasteiger partial charge in [0.1, 0.15) is 12.7 Å². The Morgan fingerprint density at radius 2 is 1.28 bits per heavy atom. The van der Waals surface area contributed by atoms with Gasteiger partial charge in [0.25, 0.3) is 0 Å². The lowest BCUT2D eigenvalue weighted by Crippen LogP contribution is -2.63. The number of rotatable bonds is 6. The van der Waals surface area contributed by atoms with Crippen molar-refractivity contribution in [1.29, 1.82) is 0 Å². The van der Waals surface area contributed by atoms with Crippen LogP contribution in [0.4, 0.5) is 0 Å². The van der Waals surface area contributed by atoms with E-state index in [1.54, 1.807) is 0 Å². The molecule has 0 aromatic rings. The van der Waals surface area contributed by atoms with Crippen LogP contribution in [0.3, 0.4) is 0 Å². The molecule has 0 saturated carbocycles. The highest BCUT2D eigenvalue weighted by atomic mass is 16.8. The number of esters is 4. The van der Waals surface area contributed by atoms with Crippen molar-refractivity contribution < 1.29 is 47.7 Å². The maximum atomic E-state index is 11.4. The maximum Gasteiger partial charge on any atom is 0.303 e. The van der Waals surface area contributed by atoms with Crippen LogP contribution in [0.2, 0.25) is 0 Å². The van der Waals surface area contributed by atoms with Gasteiger partial charge in [0, 0.05) is 27.7 Å². The van der Waals surface area contributed by atoms with Crippen LogP contribution in [0.1, 0.15) is 27.7 Å². The molecule has 0 bridgehead atoms.